The Morgan fingerprint density at radius 2 is 2.10 bits per heavy atom. The van der Waals surface area contributed by atoms with E-state index in [0.29, 0.717) is 6.61 Å². The topological polar surface area (TPSA) is 9.23 Å². The second-order valence-corrected chi connectivity index (χ2v) is 4.60. The molecule has 0 atom stereocenters. The molecule has 0 radical (unpaired) electrons. The molecular weight excluding hydrogens is 168 g/mol. The fraction of sp³-hybridized carbons (Fsp3) is 0.714. The summed E-state index contributed by atoms with van der Waals surface area (Å²) in [5.74, 6) is 0. The van der Waals surface area contributed by atoms with Crippen molar-refractivity contribution in [2.45, 2.75) is 20.8 Å². The Labute approximate surface area is 71.0 Å². The van der Waals surface area contributed by atoms with Crippen LogP contribution >= 0.6 is 23.6 Å². The second-order valence-electron chi connectivity index (χ2n) is 3.33. The van der Waals surface area contributed by atoms with Crippen LogP contribution in [0.25, 0.3) is 0 Å². The predicted molar refractivity (Wildman–Crippen MR) is 45.9 cm³/mol. The molecule has 0 unspecified atom stereocenters. The zero-order valence-corrected chi connectivity index (χ0v) is 7.97. The normalized spacial score (nSPS) is 20.4. The average Bonchev–Trinajstić information content (AvgIpc) is 2.11. The molecule has 0 saturated heterocycles. The quantitative estimate of drug-likeness (QED) is 0.527. The molecule has 0 aromatic heterocycles. The number of allylic oxidation sites excluding steroid dienone is 1. The number of hydrogen-bond donors (Lipinski definition) is 0. The maximum absolute atomic E-state index is 5.90. The van der Waals surface area contributed by atoms with E-state index in [9.17, 15) is 0 Å². The zero-order valence-electron chi connectivity index (χ0n) is 6.40. The van der Waals surface area contributed by atoms with Crippen molar-refractivity contribution < 1.29 is 4.18 Å². The molecule has 1 rings (SSSR count). The average molecular weight is 179 g/mol. The molecule has 1 aliphatic heterocycles. The van der Waals surface area contributed by atoms with Crippen LogP contribution in [0.2, 0.25) is 0 Å². The number of hydrogen-bond acceptors (Lipinski definition) is 2. The Bertz CT molecular complexity index is 169. The first-order valence-corrected chi connectivity index (χ1v) is 4.32. The summed E-state index contributed by atoms with van der Waals surface area (Å²) < 4.78 is 5.11. The van der Waals surface area contributed by atoms with Crippen LogP contribution in [0.15, 0.2) is 9.94 Å². The third kappa shape index (κ3) is 1.68. The zero-order chi connectivity index (χ0) is 7.78. The summed E-state index contributed by atoms with van der Waals surface area (Å²) in [6.45, 7) is 6.96. The molecule has 0 amide bonds. The molecule has 0 spiro atoms. The van der Waals surface area contributed by atoms with Crippen LogP contribution in [0.5, 0.6) is 0 Å². The Morgan fingerprint density at radius 3 is 2.30 bits per heavy atom. The van der Waals surface area contributed by atoms with Crippen LogP contribution < -0.4 is 0 Å². The molecule has 0 aromatic rings. The summed E-state index contributed by atoms with van der Waals surface area (Å²) in [6.07, 6.45) is 0. The third-order valence-electron chi connectivity index (χ3n) is 1.26. The highest BCUT2D eigenvalue weighted by Crippen LogP contribution is 2.43. The van der Waals surface area contributed by atoms with Crippen LogP contribution in [0.3, 0.4) is 0 Å². The Kier molecular flexibility index (Phi) is 2.33. The van der Waals surface area contributed by atoms with Gasteiger partial charge in [-0.05, 0) is 5.41 Å². The van der Waals surface area contributed by atoms with Gasteiger partial charge in [-0.3, -0.25) is 0 Å². The van der Waals surface area contributed by atoms with Crippen LogP contribution in [0, 0.1) is 5.41 Å². The van der Waals surface area contributed by atoms with Gasteiger partial charge in [-0.2, -0.15) is 0 Å². The van der Waals surface area contributed by atoms with Gasteiger partial charge in [0.05, 0.1) is 11.6 Å². The minimum absolute atomic E-state index is 0.137. The molecule has 1 heterocycles. The summed E-state index contributed by atoms with van der Waals surface area (Å²) in [4.78, 5) is 1.16. The van der Waals surface area contributed by atoms with Crippen molar-refractivity contribution in [2.75, 3.05) is 6.61 Å². The van der Waals surface area contributed by atoms with E-state index in [2.05, 4.69) is 20.8 Å². The van der Waals surface area contributed by atoms with Gasteiger partial charge < -0.3 is 4.18 Å². The van der Waals surface area contributed by atoms with Gasteiger partial charge in [0, 0.05) is 16.9 Å². The van der Waals surface area contributed by atoms with E-state index in [1.807, 2.05) is 0 Å². The molecule has 1 aliphatic rings. The molecule has 0 bridgehead atoms. The van der Waals surface area contributed by atoms with Crippen molar-refractivity contribution in [3.8, 4) is 0 Å². The molecule has 0 saturated carbocycles. The Balaban J connectivity index is 2.81. The van der Waals surface area contributed by atoms with Crippen LogP contribution in [-0.4, -0.2) is 6.61 Å². The third-order valence-corrected chi connectivity index (χ3v) is 2.93. The van der Waals surface area contributed by atoms with E-state index >= 15 is 0 Å². The van der Waals surface area contributed by atoms with Gasteiger partial charge in [-0.1, -0.05) is 32.4 Å². The van der Waals surface area contributed by atoms with Gasteiger partial charge in [-0.25, -0.2) is 0 Å². The molecular formula is C7H11ClOS. The van der Waals surface area contributed by atoms with Crippen molar-refractivity contribution in [3.63, 3.8) is 0 Å². The summed E-state index contributed by atoms with van der Waals surface area (Å²) in [6, 6.07) is 0. The maximum Gasteiger partial charge on any atom is 0.0983 e. The van der Waals surface area contributed by atoms with E-state index in [-0.39, 0.29) is 5.41 Å². The molecule has 0 aliphatic carbocycles. The molecule has 3 heteroatoms. The lowest BCUT2D eigenvalue weighted by atomic mass is 9.96. The van der Waals surface area contributed by atoms with Gasteiger partial charge in [0.25, 0.3) is 0 Å². The lowest BCUT2D eigenvalue weighted by Gasteiger charge is -2.17. The van der Waals surface area contributed by atoms with Crippen LogP contribution in [0.1, 0.15) is 20.8 Å². The first kappa shape index (κ1) is 8.44. The van der Waals surface area contributed by atoms with Crippen molar-refractivity contribution >= 4 is 23.6 Å². The van der Waals surface area contributed by atoms with Crippen LogP contribution in [-0.2, 0) is 4.18 Å². The molecule has 58 valence electrons. The Hall–Kier alpha value is 0.340. The minimum Gasteiger partial charge on any atom is -0.305 e. The van der Waals surface area contributed by atoms with E-state index in [1.54, 1.807) is 0 Å². The first-order chi connectivity index (χ1) is 4.52. The van der Waals surface area contributed by atoms with Crippen molar-refractivity contribution in [1.29, 1.82) is 0 Å². The highest BCUT2D eigenvalue weighted by Gasteiger charge is 2.26. The molecule has 0 aromatic carbocycles. The minimum atomic E-state index is 0.137. The highest BCUT2D eigenvalue weighted by atomic mass is 35.5. The lowest BCUT2D eigenvalue weighted by molar-refractivity contribution is 0.438. The second kappa shape index (κ2) is 2.76. The Morgan fingerprint density at radius 1 is 1.50 bits per heavy atom. The van der Waals surface area contributed by atoms with Crippen LogP contribution in [0.4, 0.5) is 0 Å². The predicted octanol–water partition coefficient (Wildman–Crippen LogP) is 3.16. The fourth-order valence-corrected chi connectivity index (χ4v) is 1.97. The van der Waals surface area contributed by atoms with Gasteiger partial charge >= 0.3 is 0 Å². The van der Waals surface area contributed by atoms with Gasteiger partial charge in [0.15, 0.2) is 0 Å². The van der Waals surface area contributed by atoms with E-state index in [0.717, 1.165) is 9.94 Å². The summed E-state index contributed by atoms with van der Waals surface area (Å²) >= 11 is 7.30. The maximum atomic E-state index is 5.90. The van der Waals surface area contributed by atoms with Gasteiger partial charge in [-0.15, -0.1) is 0 Å². The lowest BCUT2D eigenvalue weighted by Crippen LogP contribution is -2.05. The first-order valence-electron chi connectivity index (χ1n) is 3.20. The van der Waals surface area contributed by atoms with E-state index < -0.39 is 0 Å². The van der Waals surface area contributed by atoms with Gasteiger partial charge in [0.2, 0.25) is 0 Å². The standard InChI is InChI=1S/C7H11ClOS/c1-7(2,3)6-5(8)4-9-10-6/h4H2,1-3H3. The molecule has 0 N–H and O–H groups in total. The van der Waals surface area contributed by atoms with Crippen molar-refractivity contribution in [1.82, 2.24) is 0 Å². The number of rotatable bonds is 0. The fourth-order valence-electron chi connectivity index (χ4n) is 0.783. The SMILES string of the molecule is CC(C)(C)C1=C(Cl)COS1. The molecule has 1 nitrogen and oxygen atoms in total. The summed E-state index contributed by atoms with van der Waals surface area (Å²) in [7, 11) is 0. The smallest absolute Gasteiger partial charge is 0.0983 e. The van der Waals surface area contributed by atoms with E-state index in [4.69, 9.17) is 15.8 Å². The summed E-state index contributed by atoms with van der Waals surface area (Å²) in [5, 5.41) is 0.859. The summed E-state index contributed by atoms with van der Waals surface area (Å²) in [5.41, 5.74) is 0.137. The monoisotopic (exact) mass is 178 g/mol. The molecule has 0 fully saturated rings. The number of halogens is 1. The van der Waals surface area contributed by atoms with Crippen molar-refractivity contribution in [2.24, 2.45) is 5.41 Å². The van der Waals surface area contributed by atoms with Crippen molar-refractivity contribution in [3.05, 3.63) is 9.94 Å². The largest absolute Gasteiger partial charge is 0.305 e. The molecule has 10 heavy (non-hydrogen) atoms. The highest BCUT2D eigenvalue weighted by molar-refractivity contribution is 7.98. The van der Waals surface area contributed by atoms with E-state index in [1.165, 1.54) is 12.0 Å². The van der Waals surface area contributed by atoms with Gasteiger partial charge in [0.1, 0.15) is 0 Å².